The lowest BCUT2D eigenvalue weighted by Gasteiger charge is -2.30. The van der Waals surface area contributed by atoms with E-state index in [9.17, 15) is 26.4 Å². The third kappa shape index (κ3) is 4.61. The van der Waals surface area contributed by atoms with Crippen LogP contribution in [-0.2, 0) is 27.4 Å². The van der Waals surface area contributed by atoms with E-state index in [1.165, 1.54) is 27.4 Å². The van der Waals surface area contributed by atoms with Crippen molar-refractivity contribution in [3.8, 4) is 5.75 Å². The Bertz CT molecular complexity index is 1110. The highest BCUT2D eigenvalue weighted by Gasteiger charge is 2.31. The summed E-state index contributed by atoms with van der Waals surface area (Å²) in [6.07, 6.45) is -1.52. The standard InChI is InChI=1S/C22H23F3N2O4S/c23-22(24,25)17-6-3-7-18(14-17)31-15-21(28)27-12-4-5-16-13-19(8-9-20(16)27)32(29,30)26-10-1-2-11-26/h3,6-9,13-14H,1-2,4-5,10-12,15H2. The molecule has 172 valence electrons. The molecule has 0 bridgehead atoms. The zero-order valence-corrected chi connectivity index (χ0v) is 18.1. The largest absolute Gasteiger partial charge is 0.484 e. The highest BCUT2D eigenvalue weighted by molar-refractivity contribution is 7.89. The fourth-order valence-electron chi connectivity index (χ4n) is 4.06. The second-order valence-corrected chi connectivity index (χ2v) is 9.80. The van der Waals surface area contributed by atoms with Crippen molar-refractivity contribution in [3.05, 3.63) is 53.6 Å². The van der Waals surface area contributed by atoms with E-state index in [4.69, 9.17) is 4.74 Å². The van der Waals surface area contributed by atoms with Crippen LogP contribution in [-0.4, -0.2) is 44.9 Å². The summed E-state index contributed by atoms with van der Waals surface area (Å²) < 4.78 is 71.1. The first-order valence-electron chi connectivity index (χ1n) is 10.4. The average Bonchev–Trinajstić information content (AvgIpc) is 3.32. The van der Waals surface area contributed by atoms with Crippen LogP contribution in [0.2, 0.25) is 0 Å². The number of amides is 1. The Morgan fingerprint density at radius 2 is 1.75 bits per heavy atom. The van der Waals surface area contributed by atoms with Gasteiger partial charge in [-0.05, 0) is 67.6 Å². The molecule has 0 aromatic heterocycles. The molecule has 6 nitrogen and oxygen atoms in total. The number of fused-ring (bicyclic) bond motifs is 1. The van der Waals surface area contributed by atoms with Gasteiger partial charge in [0.15, 0.2) is 6.61 Å². The molecule has 2 heterocycles. The lowest BCUT2D eigenvalue weighted by atomic mass is 10.0. The number of alkyl halides is 3. The van der Waals surface area contributed by atoms with E-state index in [0.29, 0.717) is 38.2 Å². The number of rotatable bonds is 5. The highest BCUT2D eigenvalue weighted by Crippen LogP contribution is 2.33. The molecule has 0 aliphatic carbocycles. The average molecular weight is 468 g/mol. The minimum absolute atomic E-state index is 0.0440. The Hall–Kier alpha value is -2.59. The van der Waals surface area contributed by atoms with Crippen LogP contribution in [0.3, 0.4) is 0 Å². The number of ether oxygens (including phenoxy) is 1. The normalized spacial score (nSPS) is 17.3. The quantitative estimate of drug-likeness (QED) is 0.669. The first-order valence-corrected chi connectivity index (χ1v) is 11.8. The molecule has 0 radical (unpaired) electrons. The Morgan fingerprint density at radius 1 is 1.00 bits per heavy atom. The van der Waals surface area contributed by atoms with Crippen LogP contribution in [0.1, 0.15) is 30.4 Å². The summed E-state index contributed by atoms with van der Waals surface area (Å²) in [5.74, 6) is -0.448. The van der Waals surface area contributed by atoms with Gasteiger partial charge in [-0.15, -0.1) is 0 Å². The molecule has 32 heavy (non-hydrogen) atoms. The van der Waals surface area contributed by atoms with Gasteiger partial charge in [-0.3, -0.25) is 4.79 Å². The number of aryl methyl sites for hydroxylation is 1. The number of carbonyl (C=O) groups is 1. The molecule has 2 aliphatic rings. The molecule has 0 saturated carbocycles. The molecule has 4 rings (SSSR count). The second kappa shape index (κ2) is 8.74. The van der Waals surface area contributed by atoms with Gasteiger partial charge in [0, 0.05) is 25.3 Å². The van der Waals surface area contributed by atoms with Gasteiger partial charge < -0.3 is 9.64 Å². The molecule has 1 saturated heterocycles. The smallest absolute Gasteiger partial charge is 0.416 e. The number of carbonyl (C=O) groups excluding carboxylic acids is 1. The van der Waals surface area contributed by atoms with Gasteiger partial charge in [0.1, 0.15) is 5.75 Å². The Morgan fingerprint density at radius 3 is 2.47 bits per heavy atom. The van der Waals surface area contributed by atoms with E-state index >= 15 is 0 Å². The third-order valence-electron chi connectivity index (χ3n) is 5.70. The zero-order chi connectivity index (χ0) is 22.9. The third-order valence-corrected chi connectivity index (χ3v) is 7.59. The maximum atomic E-state index is 12.9. The highest BCUT2D eigenvalue weighted by atomic mass is 32.2. The second-order valence-electron chi connectivity index (χ2n) is 7.86. The van der Waals surface area contributed by atoms with Crippen LogP contribution >= 0.6 is 0 Å². The lowest BCUT2D eigenvalue weighted by molar-refractivity contribution is -0.137. The fourth-order valence-corrected chi connectivity index (χ4v) is 5.62. The van der Waals surface area contributed by atoms with Crippen molar-refractivity contribution in [2.24, 2.45) is 0 Å². The van der Waals surface area contributed by atoms with Crippen LogP contribution < -0.4 is 9.64 Å². The van der Waals surface area contributed by atoms with Crippen LogP contribution in [0.25, 0.3) is 0 Å². The molecule has 10 heteroatoms. The lowest BCUT2D eigenvalue weighted by Crippen LogP contribution is -2.38. The number of hydrogen-bond acceptors (Lipinski definition) is 4. The summed E-state index contributed by atoms with van der Waals surface area (Å²) >= 11 is 0. The molecule has 1 fully saturated rings. The minimum atomic E-state index is -4.50. The fraction of sp³-hybridized carbons (Fsp3) is 0.409. The van der Waals surface area contributed by atoms with Crippen molar-refractivity contribution in [2.75, 3.05) is 31.1 Å². The Labute approximate surface area is 184 Å². The number of anilines is 1. The molecule has 0 spiro atoms. The molecule has 2 aromatic carbocycles. The Kier molecular flexibility index (Phi) is 6.17. The van der Waals surface area contributed by atoms with Crippen LogP contribution in [0.5, 0.6) is 5.75 Å². The number of nitrogens with zero attached hydrogens (tertiary/aromatic N) is 2. The SMILES string of the molecule is O=C(COc1cccc(C(F)(F)F)c1)N1CCCc2cc(S(=O)(=O)N3CCCC3)ccc21. The summed E-state index contributed by atoms with van der Waals surface area (Å²) in [6, 6.07) is 9.13. The predicted molar refractivity (Wildman–Crippen MR) is 112 cm³/mol. The van der Waals surface area contributed by atoms with E-state index < -0.39 is 34.3 Å². The van der Waals surface area contributed by atoms with Crippen molar-refractivity contribution in [1.29, 1.82) is 0 Å². The summed E-state index contributed by atoms with van der Waals surface area (Å²) in [4.78, 5) is 14.5. The van der Waals surface area contributed by atoms with Gasteiger partial charge in [0.2, 0.25) is 10.0 Å². The van der Waals surface area contributed by atoms with Crippen LogP contribution in [0.15, 0.2) is 47.4 Å². The van der Waals surface area contributed by atoms with Gasteiger partial charge >= 0.3 is 6.18 Å². The molecule has 0 atom stereocenters. The van der Waals surface area contributed by atoms with Gasteiger partial charge in [0.05, 0.1) is 10.5 Å². The van der Waals surface area contributed by atoms with Gasteiger partial charge in [0.25, 0.3) is 5.91 Å². The number of halogens is 3. The Balaban J connectivity index is 1.49. The predicted octanol–water partition coefficient (Wildman–Crippen LogP) is 3.85. The van der Waals surface area contributed by atoms with Gasteiger partial charge in [-0.2, -0.15) is 17.5 Å². The van der Waals surface area contributed by atoms with Gasteiger partial charge in [-0.25, -0.2) is 8.42 Å². The van der Waals surface area contributed by atoms with Crippen molar-refractivity contribution < 1.29 is 31.1 Å². The van der Waals surface area contributed by atoms with Crippen molar-refractivity contribution in [2.45, 2.75) is 36.8 Å². The number of benzene rings is 2. The van der Waals surface area contributed by atoms with E-state index in [1.807, 2.05) is 0 Å². The summed E-state index contributed by atoms with van der Waals surface area (Å²) in [5.41, 5.74) is 0.510. The molecule has 2 aromatic rings. The number of sulfonamides is 1. The first-order chi connectivity index (χ1) is 15.2. The molecular weight excluding hydrogens is 445 g/mol. The van der Waals surface area contributed by atoms with Crippen LogP contribution in [0, 0.1) is 0 Å². The minimum Gasteiger partial charge on any atom is -0.484 e. The topological polar surface area (TPSA) is 66.9 Å². The molecule has 0 unspecified atom stereocenters. The van der Waals surface area contributed by atoms with E-state index in [-0.39, 0.29) is 10.6 Å². The van der Waals surface area contributed by atoms with Crippen molar-refractivity contribution >= 4 is 21.6 Å². The van der Waals surface area contributed by atoms with E-state index in [2.05, 4.69) is 0 Å². The van der Waals surface area contributed by atoms with Crippen molar-refractivity contribution in [3.63, 3.8) is 0 Å². The maximum absolute atomic E-state index is 12.9. The van der Waals surface area contributed by atoms with E-state index in [0.717, 1.165) is 30.5 Å². The summed E-state index contributed by atoms with van der Waals surface area (Å²) in [5, 5.41) is 0. The van der Waals surface area contributed by atoms with Gasteiger partial charge in [-0.1, -0.05) is 6.07 Å². The molecular formula is C22H23F3N2O4S. The molecule has 0 N–H and O–H groups in total. The maximum Gasteiger partial charge on any atom is 0.416 e. The summed E-state index contributed by atoms with van der Waals surface area (Å²) in [7, 11) is -3.56. The molecule has 1 amide bonds. The molecule has 2 aliphatic heterocycles. The number of hydrogen-bond donors (Lipinski definition) is 0. The van der Waals surface area contributed by atoms with Crippen molar-refractivity contribution in [1.82, 2.24) is 4.31 Å². The zero-order valence-electron chi connectivity index (χ0n) is 17.3. The van der Waals surface area contributed by atoms with E-state index in [1.54, 1.807) is 12.1 Å². The summed E-state index contributed by atoms with van der Waals surface area (Å²) in [6.45, 7) is 1.03. The first kappa shape index (κ1) is 22.6. The monoisotopic (exact) mass is 468 g/mol. The van der Waals surface area contributed by atoms with Crippen LogP contribution in [0.4, 0.5) is 18.9 Å².